The number of fused-ring (bicyclic) bond motifs is 1. The summed E-state index contributed by atoms with van der Waals surface area (Å²) in [7, 11) is 0. The number of amides is 1. The van der Waals surface area contributed by atoms with Gasteiger partial charge in [-0.25, -0.2) is 9.78 Å². The number of pyridine rings is 1. The second-order valence-electron chi connectivity index (χ2n) is 9.41. The van der Waals surface area contributed by atoms with Gasteiger partial charge in [0.15, 0.2) is 0 Å². The van der Waals surface area contributed by atoms with Crippen LogP contribution in [0.1, 0.15) is 52.9 Å². The summed E-state index contributed by atoms with van der Waals surface area (Å²) < 4.78 is 0. The zero-order valence-electron chi connectivity index (χ0n) is 19.9. The molecule has 1 fully saturated rings. The molecule has 2 aromatic rings. The highest BCUT2D eigenvalue weighted by atomic mass is 35.5. The molecule has 36 heavy (non-hydrogen) atoms. The second-order valence-corrected chi connectivity index (χ2v) is 10.2. The van der Waals surface area contributed by atoms with Crippen molar-refractivity contribution in [3.05, 3.63) is 56.7 Å². The minimum Gasteiger partial charge on any atom is -0.480 e. The van der Waals surface area contributed by atoms with E-state index in [1.807, 2.05) is 6.07 Å². The molecule has 0 spiro atoms. The van der Waals surface area contributed by atoms with Crippen molar-refractivity contribution in [1.29, 1.82) is 5.26 Å². The Bertz CT molecular complexity index is 1160. The van der Waals surface area contributed by atoms with Crippen LogP contribution in [0.2, 0.25) is 10.0 Å². The first-order valence-corrected chi connectivity index (χ1v) is 13.0. The summed E-state index contributed by atoms with van der Waals surface area (Å²) in [5, 5.41) is 24.6. The molecular weight excluding hydrogens is 501 g/mol. The number of nitrogens with one attached hydrogen (secondary N) is 2. The Morgan fingerprint density at radius 3 is 2.81 bits per heavy atom. The van der Waals surface area contributed by atoms with E-state index in [-0.39, 0.29) is 27.6 Å². The number of aliphatic carboxylic acids is 1. The Morgan fingerprint density at radius 2 is 2.08 bits per heavy atom. The Hall–Kier alpha value is -2.86. The highest BCUT2D eigenvalue weighted by Gasteiger charge is 2.27. The van der Waals surface area contributed by atoms with E-state index in [9.17, 15) is 14.7 Å². The number of hydrogen-bond donors (Lipinski definition) is 3. The van der Waals surface area contributed by atoms with Crippen LogP contribution in [0, 0.1) is 17.2 Å². The molecule has 1 unspecified atom stereocenters. The lowest BCUT2D eigenvalue weighted by atomic mass is 10.00. The van der Waals surface area contributed by atoms with Crippen LogP contribution in [0.3, 0.4) is 0 Å². The van der Waals surface area contributed by atoms with Gasteiger partial charge in [0.2, 0.25) is 0 Å². The molecule has 1 saturated heterocycles. The van der Waals surface area contributed by atoms with Crippen LogP contribution in [0.4, 0.5) is 5.82 Å². The van der Waals surface area contributed by atoms with Crippen molar-refractivity contribution in [2.24, 2.45) is 5.92 Å². The number of rotatable bonds is 9. The van der Waals surface area contributed by atoms with Crippen molar-refractivity contribution in [2.45, 2.75) is 44.6 Å². The minimum atomic E-state index is -1.12. The normalized spacial score (nSPS) is 18.1. The highest BCUT2D eigenvalue weighted by Crippen LogP contribution is 2.27. The van der Waals surface area contributed by atoms with Crippen LogP contribution < -0.4 is 10.6 Å². The van der Waals surface area contributed by atoms with Gasteiger partial charge < -0.3 is 20.6 Å². The van der Waals surface area contributed by atoms with Crippen LogP contribution in [0.25, 0.3) is 0 Å². The number of anilines is 1. The summed E-state index contributed by atoms with van der Waals surface area (Å²) in [4.78, 5) is 31.5. The number of carboxylic acids is 1. The molecule has 0 aliphatic carbocycles. The standard InChI is InChI=1S/C26H29Cl2N5O3/c27-20-12-17(14-29)13-21(28)23(20)25(34)32-22(26(35)36)8-11-33-10-7-16(15-33)3-5-19-6-4-18-2-1-9-30-24(18)31-19/h4,6,12-13,16,22H,1-3,5,7-11,15H2,(H,30,31)(H,32,34)(H,35,36)/t16-,22?/m0/s1. The zero-order chi connectivity index (χ0) is 25.7. The average molecular weight is 530 g/mol. The number of aryl methyl sites for hydroxylation is 2. The summed E-state index contributed by atoms with van der Waals surface area (Å²) in [6.45, 7) is 3.34. The summed E-state index contributed by atoms with van der Waals surface area (Å²) in [5.41, 5.74) is 2.59. The Kier molecular flexibility index (Phi) is 8.68. The number of likely N-dealkylation sites (tertiary alicyclic amines) is 1. The van der Waals surface area contributed by atoms with Crippen LogP contribution in [0.5, 0.6) is 0 Å². The van der Waals surface area contributed by atoms with Gasteiger partial charge in [-0.15, -0.1) is 0 Å². The number of hydrogen-bond acceptors (Lipinski definition) is 6. The number of carboxylic acid groups (broad SMARTS) is 1. The van der Waals surface area contributed by atoms with Gasteiger partial charge in [-0.3, -0.25) is 4.79 Å². The summed E-state index contributed by atoms with van der Waals surface area (Å²) >= 11 is 12.2. The number of nitrogens with zero attached hydrogens (tertiary/aromatic N) is 3. The van der Waals surface area contributed by atoms with Crippen LogP contribution >= 0.6 is 23.2 Å². The van der Waals surface area contributed by atoms with E-state index in [1.165, 1.54) is 17.7 Å². The van der Waals surface area contributed by atoms with Gasteiger partial charge in [0.05, 0.1) is 27.2 Å². The van der Waals surface area contributed by atoms with Crippen molar-refractivity contribution >= 4 is 40.9 Å². The number of benzene rings is 1. The van der Waals surface area contributed by atoms with Gasteiger partial charge in [0.1, 0.15) is 11.9 Å². The van der Waals surface area contributed by atoms with Crippen molar-refractivity contribution in [3.8, 4) is 6.07 Å². The molecule has 1 amide bonds. The van der Waals surface area contributed by atoms with E-state index in [0.717, 1.165) is 63.3 Å². The lowest BCUT2D eigenvalue weighted by molar-refractivity contribution is -0.139. The molecule has 2 atom stereocenters. The van der Waals surface area contributed by atoms with Crippen molar-refractivity contribution < 1.29 is 14.7 Å². The van der Waals surface area contributed by atoms with Gasteiger partial charge in [-0.05, 0) is 74.8 Å². The first-order valence-electron chi connectivity index (χ1n) is 12.2. The number of nitriles is 1. The van der Waals surface area contributed by atoms with Gasteiger partial charge in [0.25, 0.3) is 5.91 Å². The number of aromatic nitrogens is 1. The molecule has 4 rings (SSSR count). The fraction of sp³-hybridized carbons (Fsp3) is 0.462. The van der Waals surface area contributed by atoms with Crippen molar-refractivity contribution in [1.82, 2.24) is 15.2 Å². The Balaban J connectivity index is 1.26. The van der Waals surface area contributed by atoms with E-state index in [0.29, 0.717) is 12.5 Å². The molecule has 10 heteroatoms. The number of carbonyl (C=O) groups is 2. The fourth-order valence-electron chi connectivity index (χ4n) is 4.87. The zero-order valence-corrected chi connectivity index (χ0v) is 21.4. The molecule has 8 nitrogen and oxygen atoms in total. The fourth-order valence-corrected chi connectivity index (χ4v) is 5.52. The van der Waals surface area contributed by atoms with E-state index in [2.05, 4.69) is 27.7 Å². The number of halogens is 2. The molecule has 0 radical (unpaired) electrons. The summed E-state index contributed by atoms with van der Waals surface area (Å²) in [6, 6.07) is 7.81. The molecular formula is C26H29Cl2N5O3. The molecule has 2 aliphatic rings. The quantitative estimate of drug-likeness (QED) is 0.446. The first kappa shape index (κ1) is 26.2. The monoisotopic (exact) mass is 529 g/mol. The third kappa shape index (κ3) is 6.47. The topological polar surface area (TPSA) is 118 Å². The van der Waals surface area contributed by atoms with Crippen molar-refractivity contribution in [3.63, 3.8) is 0 Å². The van der Waals surface area contributed by atoms with Gasteiger partial charge in [0, 0.05) is 25.3 Å². The predicted octanol–water partition coefficient (Wildman–Crippen LogP) is 4.15. The lowest BCUT2D eigenvalue weighted by Gasteiger charge is -2.20. The van der Waals surface area contributed by atoms with Gasteiger partial charge >= 0.3 is 5.97 Å². The van der Waals surface area contributed by atoms with Gasteiger partial charge in [-0.1, -0.05) is 29.3 Å². The third-order valence-corrected chi connectivity index (χ3v) is 7.46. The molecule has 0 bridgehead atoms. The summed E-state index contributed by atoms with van der Waals surface area (Å²) in [5.74, 6) is -0.234. The lowest BCUT2D eigenvalue weighted by Crippen LogP contribution is -2.43. The maximum Gasteiger partial charge on any atom is 0.326 e. The third-order valence-electron chi connectivity index (χ3n) is 6.87. The molecule has 3 heterocycles. The van der Waals surface area contributed by atoms with Crippen LogP contribution in [-0.2, 0) is 17.6 Å². The smallest absolute Gasteiger partial charge is 0.326 e. The second kappa shape index (κ2) is 11.9. The maximum atomic E-state index is 12.7. The summed E-state index contributed by atoms with van der Waals surface area (Å²) in [6.07, 6.45) is 5.51. The van der Waals surface area contributed by atoms with E-state index in [1.54, 1.807) is 0 Å². The van der Waals surface area contributed by atoms with Crippen molar-refractivity contribution in [2.75, 3.05) is 31.5 Å². The average Bonchev–Trinajstić information content (AvgIpc) is 3.32. The molecule has 1 aromatic heterocycles. The van der Waals surface area contributed by atoms with Crippen LogP contribution in [-0.4, -0.2) is 59.1 Å². The predicted molar refractivity (Wildman–Crippen MR) is 139 cm³/mol. The maximum absolute atomic E-state index is 12.7. The molecule has 3 N–H and O–H groups in total. The van der Waals surface area contributed by atoms with Crippen LogP contribution in [0.15, 0.2) is 24.3 Å². The highest BCUT2D eigenvalue weighted by molar-refractivity contribution is 6.39. The number of carbonyl (C=O) groups excluding carboxylic acids is 1. The van der Waals surface area contributed by atoms with Gasteiger partial charge in [-0.2, -0.15) is 5.26 Å². The molecule has 190 valence electrons. The molecule has 0 saturated carbocycles. The SMILES string of the molecule is N#Cc1cc(Cl)c(C(=O)NC(CCN2CC[C@H](CCc3ccc4c(n3)NCCC4)C2)C(=O)O)c(Cl)c1. The largest absolute Gasteiger partial charge is 0.480 e. The molecule has 1 aromatic carbocycles. The Morgan fingerprint density at radius 1 is 1.31 bits per heavy atom. The minimum absolute atomic E-state index is 0.00673. The molecule has 2 aliphatic heterocycles. The first-order chi connectivity index (χ1) is 17.3. The van der Waals surface area contributed by atoms with E-state index in [4.69, 9.17) is 33.4 Å². The Labute approximate surface area is 220 Å². The van der Waals surface area contributed by atoms with E-state index < -0.39 is 17.9 Å². The van der Waals surface area contributed by atoms with E-state index >= 15 is 0 Å².